The van der Waals surface area contributed by atoms with Gasteiger partial charge in [0.1, 0.15) is 5.52 Å². The Morgan fingerprint density at radius 1 is 1.47 bits per heavy atom. The van der Waals surface area contributed by atoms with Gasteiger partial charge in [0.05, 0.1) is 9.90 Å². The third kappa shape index (κ3) is 1.73. The Balaban J connectivity index is 2.86. The zero-order chi connectivity index (χ0) is 11.2. The fourth-order valence-electron chi connectivity index (χ4n) is 1.19. The van der Waals surface area contributed by atoms with Gasteiger partial charge in [0.15, 0.2) is 0 Å². The summed E-state index contributed by atoms with van der Waals surface area (Å²) in [6.07, 6.45) is -2.49. The van der Waals surface area contributed by atoms with Crippen molar-refractivity contribution in [1.82, 2.24) is 14.4 Å². The van der Waals surface area contributed by atoms with E-state index in [-0.39, 0.29) is 5.52 Å². The molecule has 2 aromatic rings. The van der Waals surface area contributed by atoms with Crippen molar-refractivity contribution < 1.29 is 13.2 Å². The summed E-state index contributed by atoms with van der Waals surface area (Å²) in [5.41, 5.74) is -0.715. The molecule has 0 unspecified atom stereocenters. The Morgan fingerprint density at radius 3 is 2.73 bits per heavy atom. The van der Waals surface area contributed by atoms with Crippen molar-refractivity contribution in [2.24, 2.45) is 0 Å². The fourth-order valence-corrected chi connectivity index (χ4v) is 1.71. The number of fused-ring (bicyclic) bond motifs is 1. The first kappa shape index (κ1) is 10.5. The maximum atomic E-state index is 12.4. The smallest absolute Gasteiger partial charge is 0.314 e. The Kier molecular flexibility index (Phi) is 2.24. The van der Waals surface area contributed by atoms with Crippen LogP contribution in [0.5, 0.6) is 0 Å². The highest BCUT2D eigenvalue weighted by Crippen LogP contribution is 2.27. The fraction of sp³-hybridized carbons (Fsp3) is 0.143. The van der Waals surface area contributed by atoms with E-state index < -0.39 is 17.6 Å². The standard InChI is InChI=1S/C7H3F3IN3O/c8-7(9,10)6-12-1-3-5(15)13-4(11)2-14(3)6/h1-2H,(H,13,15). The van der Waals surface area contributed by atoms with Crippen molar-refractivity contribution in [2.45, 2.75) is 6.18 Å². The average Bonchev–Trinajstić information content (AvgIpc) is 2.45. The summed E-state index contributed by atoms with van der Waals surface area (Å²) < 4.78 is 38.3. The van der Waals surface area contributed by atoms with Crippen molar-refractivity contribution in [3.05, 3.63) is 32.3 Å². The molecule has 1 N–H and O–H groups in total. The molecule has 0 spiro atoms. The molecule has 8 heteroatoms. The van der Waals surface area contributed by atoms with Gasteiger partial charge in [-0.05, 0) is 22.6 Å². The van der Waals surface area contributed by atoms with Gasteiger partial charge < -0.3 is 4.98 Å². The van der Waals surface area contributed by atoms with Crippen LogP contribution in [0.3, 0.4) is 0 Å². The van der Waals surface area contributed by atoms with Crippen LogP contribution in [-0.4, -0.2) is 14.4 Å². The third-order valence-electron chi connectivity index (χ3n) is 1.76. The molecule has 2 rings (SSSR count). The van der Waals surface area contributed by atoms with E-state index in [0.717, 1.165) is 10.6 Å². The van der Waals surface area contributed by atoms with Crippen LogP contribution in [0.1, 0.15) is 5.82 Å². The average molecular weight is 329 g/mol. The molecule has 0 atom stereocenters. The third-order valence-corrected chi connectivity index (χ3v) is 2.31. The van der Waals surface area contributed by atoms with Crippen molar-refractivity contribution in [1.29, 1.82) is 0 Å². The highest BCUT2D eigenvalue weighted by atomic mass is 127. The van der Waals surface area contributed by atoms with Crippen molar-refractivity contribution >= 4 is 28.1 Å². The van der Waals surface area contributed by atoms with Crippen molar-refractivity contribution in [3.8, 4) is 0 Å². The lowest BCUT2D eigenvalue weighted by molar-refractivity contribution is -0.145. The zero-order valence-electron chi connectivity index (χ0n) is 6.97. The van der Waals surface area contributed by atoms with Crippen LogP contribution in [0.4, 0.5) is 13.2 Å². The number of halogens is 4. The summed E-state index contributed by atoms with van der Waals surface area (Å²) in [4.78, 5) is 16.8. The number of H-pyrrole nitrogens is 1. The molecule has 2 heterocycles. The van der Waals surface area contributed by atoms with Gasteiger partial charge in [0, 0.05) is 6.20 Å². The summed E-state index contributed by atoms with van der Waals surface area (Å²) in [7, 11) is 0. The van der Waals surface area contributed by atoms with Crippen LogP contribution in [-0.2, 0) is 6.18 Å². The van der Waals surface area contributed by atoms with Gasteiger partial charge in [-0.2, -0.15) is 13.2 Å². The van der Waals surface area contributed by atoms with E-state index in [0.29, 0.717) is 3.70 Å². The first-order valence-corrected chi connectivity index (χ1v) is 4.80. The minimum absolute atomic E-state index is 0.122. The van der Waals surface area contributed by atoms with Crippen LogP contribution in [0, 0.1) is 3.70 Å². The quantitative estimate of drug-likeness (QED) is 0.747. The highest BCUT2D eigenvalue weighted by Gasteiger charge is 2.36. The molecule has 0 fully saturated rings. The lowest BCUT2D eigenvalue weighted by Gasteiger charge is -2.04. The van der Waals surface area contributed by atoms with Crippen LogP contribution < -0.4 is 5.56 Å². The van der Waals surface area contributed by atoms with E-state index in [1.165, 1.54) is 6.20 Å². The summed E-state index contributed by atoms with van der Waals surface area (Å²) in [5.74, 6) is -1.10. The maximum Gasteiger partial charge on any atom is 0.450 e. The minimum atomic E-state index is -4.57. The van der Waals surface area contributed by atoms with Crippen LogP contribution in [0.15, 0.2) is 17.2 Å². The van der Waals surface area contributed by atoms with E-state index in [9.17, 15) is 18.0 Å². The number of alkyl halides is 3. The predicted octanol–water partition coefficient (Wildman–Crippen LogP) is 1.65. The molecule has 0 saturated carbocycles. The van der Waals surface area contributed by atoms with Crippen molar-refractivity contribution in [2.75, 3.05) is 0 Å². The second-order valence-corrected chi connectivity index (χ2v) is 3.93. The van der Waals surface area contributed by atoms with Crippen LogP contribution in [0.2, 0.25) is 0 Å². The largest absolute Gasteiger partial charge is 0.450 e. The van der Waals surface area contributed by atoms with Gasteiger partial charge in [-0.15, -0.1) is 0 Å². The Morgan fingerprint density at radius 2 is 2.13 bits per heavy atom. The zero-order valence-corrected chi connectivity index (χ0v) is 9.13. The number of aromatic nitrogens is 3. The molecule has 0 aliphatic rings. The highest BCUT2D eigenvalue weighted by molar-refractivity contribution is 14.1. The number of hydrogen-bond donors (Lipinski definition) is 1. The Hall–Kier alpha value is -1.06. The molecule has 0 bridgehead atoms. The van der Waals surface area contributed by atoms with E-state index in [1.807, 2.05) is 0 Å². The van der Waals surface area contributed by atoms with Crippen LogP contribution in [0.25, 0.3) is 5.52 Å². The van der Waals surface area contributed by atoms with Gasteiger partial charge in [0.2, 0.25) is 5.82 Å². The summed E-state index contributed by atoms with van der Waals surface area (Å²) in [5, 5.41) is 0. The number of rotatable bonds is 0. The van der Waals surface area contributed by atoms with E-state index in [1.54, 1.807) is 22.6 Å². The summed E-state index contributed by atoms with van der Waals surface area (Å²) in [6, 6.07) is 0. The number of nitrogens with zero attached hydrogens (tertiary/aromatic N) is 2. The number of nitrogens with one attached hydrogen (secondary N) is 1. The van der Waals surface area contributed by atoms with Gasteiger partial charge in [-0.1, -0.05) is 0 Å². The number of aromatic amines is 1. The van der Waals surface area contributed by atoms with Gasteiger partial charge in [0.25, 0.3) is 5.56 Å². The normalized spacial score (nSPS) is 12.3. The number of hydrogen-bond acceptors (Lipinski definition) is 2. The molecule has 2 aromatic heterocycles. The summed E-state index contributed by atoms with van der Waals surface area (Å²) in [6.45, 7) is 0. The molecule has 0 aliphatic carbocycles. The van der Waals surface area contributed by atoms with Gasteiger partial charge >= 0.3 is 6.18 Å². The molecule has 0 aromatic carbocycles. The molecule has 0 amide bonds. The molecule has 4 nitrogen and oxygen atoms in total. The molecule has 0 saturated heterocycles. The van der Waals surface area contributed by atoms with Crippen LogP contribution >= 0.6 is 22.6 Å². The second-order valence-electron chi connectivity index (χ2n) is 2.77. The van der Waals surface area contributed by atoms with E-state index in [2.05, 4.69) is 9.97 Å². The van der Waals surface area contributed by atoms with Gasteiger partial charge in [-0.3, -0.25) is 9.20 Å². The topological polar surface area (TPSA) is 50.2 Å². The molecule has 0 aliphatic heterocycles. The molecular formula is C7H3F3IN3O. The molecule has 0 radical (unpaired) electrons. The molecule has 15 heavy (non-hydrogen) atoms. The maximum absolute atomic E-state index is 12.4. The lowest BCUT2D eigenvalue weighted by atomic mass is 10.5. The monoisotopic (exact) mass is 329 g/mol. The van der Waals surface area contributed by atoms with Crippen molar-refractivity contribution in [3.63, 3.8) is 0 Å². The second kappa shape index (κ2) is 3.22. The van der Waals surface area contributed by atoms with Gasteiger partial charge in [-0.25, -0.2) is 4.98 Å². The Labute approximate surface area is 94.3 Å². The molecular weight excluding hydrogens is 326 g/mol. The first-order valence-electron chi connectivity index (χ1n) is 3.72. The SMILES string of the molecule is O=c1[nH]c(I)cn2c(C(F)(F)F)ncc12. The Bertz CT molecular complexity index is 571. The number of imidazole rings is 1. The molecule has 80 valence electrons. The first-order chi connectivity index (χ1) is 6.89. The van der Waals surface area contributed by atoms with E-state index in [4.69, 9.17) is 0 Å². The summed E-state index contributed by atoms with van der Waals surface area (Å²) >= 11 is 1.72. The minimum Gasteiger partial charge on any atom is -0.314 e. The lowest BCUT2D eigenvalue weighted by Crippen LogP contribution is -2.15. The van der Waals surface area contributed by atoms with E-state index >= 15 is 0 Å². The predicted molar refractivity (Wildman–Crippen MR) is 53.5 cm³/mol.